The second-order valence-electron chi connectivity index (χ2n) is 5.69. The molecule has 1 aliphatic heterocycles. The summed E-state index contributed by atoms with van der Waals surface area (Å²) in [6, 6.07) is 3.52. The molecule has 1 aromatic rings. The smallest absolute Gasteiger partial charge is 0.239 e. The molecule has 2 bridgehead atoms. The zero-order valence-electron chi connectivity index (χ0n) is 10.7. The number of halogens is 1. The molecule has 0 aromatic carbocycles. The van der Waals surface area contributed by atoms with E-state index in [1.165, 1.54) is 4.90 Å². The van der Waals surface area contributed by atoms with Gasteiger partial charge >= 0.3 is 0 Å². The number of aromatic nitrogens is 1. The van der Waals surface area contributed by atoms with Gasteiger partial charge in [-0.3, -0.25) is 9.59 Å². The van der Waals surface area contributed by atoms with E-state index in [0.29, 0.717) is 5.82 Å². The molecule has 102 valence electrons. The van der Waals surface area contributed by atoms with Crippen molar-refractivity contribution < 1.29 is 9.59 Å². The molecule has 0 radical (unpaired) electrons. The molecule has 20 heavy (non-hydrogen) atoms. The van der Waals surface area contributed by atoms with Crippen molar-refractivity contribution in [1.29, 1.82) is 0 Å². The van der Waals surface area contributed by atoms with Gasteiger partial charge in [-0.1, -0.05) is 12.2 Å². The minimum Gasteiger partial charge on any atom is -0.274 e. The normalized spacial score (nSPS) is 34.8. The molecule has 5 rings (SSSR count). The van der Waals surface area contributed by atoms with E-state index in [4.69, 9.17) is 0 Å². The van der Waals surface area contributed by atoms with Crippen LogP contribution in [0.5, 0.6) is 0 Å². The Morgan fingerprint density at radius 1 is 1.05 bits per heavy atom. The third kappa shape index (κ3) is 1.56. The standard InChI is InChI=1S/C15H13BrN2O2/c16-10-5-6-11(17-7-10)18-14(19)12-8-1-2-9(4-3-8)13(12)15(18)20/h1-2,5-9,12-13H,3-4H2. The number of rotatable bonds is 1. The van der Waals surface area contributed by atoms with Gasteiger partial charge in [0.1, 0.15) is 5.82 Å². The lowest BCUT2D eigenvalue weighted by Gasteiger charge is -2.38. The number of carbonyl (C=O) groups is 2. The maximum absolute atomic E-state index is 12.6. The van der Waals surface area contributed by atoms with E-state index in [2.05, 4.69) is 33.1 Å². The second-order valence-corrected chi connectivity index (χ2v) is 6.60. The third-order valence-electron chi connectivity index (χ3n) is 4.70. The minimum absolute atomic E-state index is 0.0751. The zero-order valence-corrected chi connectivity index (χ0v) is 12.3. The molecule has 1 saturated heterocycles. The van der Waals surface area contributed by atoms with Crippen LogP contribution >= 0.6 is 15.9 Å². The Morgan fingerprint density at radius 2 is 1.65 bits per heavy atom. The summed E-state index contributed by atoms with van der Waals surface area (Å²) in [5.41, 5.74) is 0. The van der Waals surface area contributed by atoms with Crippen molar-refractivity contribution in [2.45, 2.75) is 12.8 Å². The molecule has 4 unspecified atom stereocenters. The SMILES string of the molecule is O=C1C2C3C=CC(CC3)C2C(=O)N1c1ccc(Br)cn1. The van der Waals surface area contributed by atoms with Crippen molar-refractivity contribution in [2.75, 3.05) is 4.90 Å². The fourth-order valence-electron chi connectivity index (χ4n) is 3.80. The Morgan fingerprint density at radius 3 is 2.10 bits per heavy atom. The largest absolute Gasteiger partial charge is 0.274 e. The predicted octanol–water partition coefficient (Wildman–Crippen LogP) is 2.55. The first kappa shape index (κ1) is 12.3. The lowest BCUT2D eigenvalue weighted by atomic mass is 9.63. The van der Waals surface area contributed by atoms with Crippen LogP contribution in [0.2, 0.25) is 0 Å². The fraction of sp³-hybridized carbons (Fsp3) is 0.400. The number of pyridine rings is 1. The van der Waals surface area contributed by atoms with Gasteiger partial charge in [0.15, 0.2) is 0 Å². The molecule has 1 saturated carbocycles. The Balaban J connectivity index is 1.75. The van der Waals surface area contributed by atoms with Crippen molar-refractivity contribution in [3.63, 3.8) is 0 Å². The summed E-state index contributed by atoms with van der Waals surface area (Å²) in [6.07, 6.45) is 7.90. The number of hydrogen-bond acceptors (Lipinski definition) is 3. The summed E-state index contributed by atoms with van der Waals surface area (Å²) in [6.45, 7) is 0. The van der Waals surface area contributed by atoms with Crippen molar-refractivity contribution in [1.82, 2.24) is 4.98 Å². The van der Waals surface area contributed by atoms with Crippen LogP contribution in [0.25, 0.3) is 0 Å². The number of carbonyl (C=O) groups excluding carboxylic acids is 2. The van der Waals surface area contributed by atoms with Gasteiger partial charge in [0, 0.05) is 10.7 Å². The highest BCUT2D eigenvalue weighted by molar-refractivity contribution is 9.10. The highest BCUT2D eigenvalue weighted by Crippen LogP contribution is 2.50. The maximum Gasteiger partial charge on any atom is 0.239 e. The quantitative estimate of drug-likeness (QED) is 0.586. The molecule has 0 N–H and O–H groups in total. The van der Waals surface area contributed by atoms with Gasteiger partial charge in [0.25, 0.3) is 0 Å². The van der Waals surface area contributed by atoms with Gasteiger partial charge in [-0.15, -0.1) is 0 Å². The first-order chi connectivity index (χ1) is 9.66. The molecular formula is C15H13BrN2O2. The zero-order chi connectivity index (χ0) is 13.9. The Hall–Kier alpha value is -1.49. The molecule has 2 amide bonds. The van der Waals surface area contributed by atoms with Gasteiger partial charge in [-0.2, -0.15) is 0 Å². The fourth-order valence-corrected chi connectivity index (χ4v) is 4.03. The summed E-state index contributed by atoms with van der Waals surface area (Å²) >= 11 is 3.31. The van der Waals surface area contributed by atoms with E-state index in [0.717, 1.165) is 17.3 Å². The summed E-state index contributed by atoms with van der Waals surface area (Å²) in [7, 11) is 0. The van der Waals surface area contributed by atoms with E-state index in [1.807, 2.05) is 0 Å². The monoisotopic (exact) mass is 332 g/mol. The van der Waals surface area contributed by atoms with E-state index >= 15 is 0 Å². The van der Waals surface area contributed by atoms with Crippen LogP contribution in [-0.4, -0.2) is 16.8 Å². The average molecular weight is 333 g/mol. The molecule has 4 aliphatic rings. The minimum atomic E-state index is -0.170. The summed E-state index contributed by atoms with van der Waals surface area (Å²) < 4.78 is 0.833. The molecule has 5 heteroatoms. The van der Waals surface area contributed by atoms with E-state index in [9.17, 15) is 9.59 Å². The Bertz CT molecular complexity index is 593. The van der Waals surface area contributed by atoms with Crippen molar-refractivity contribution in [2.24, 2.45) is 23.7 Å². The first-order valence-electron chi connectivity index (χ1n) is 6.84. The van der Waals surface area contributed by atoms with Crippen LogP contribution in [0.4, 0.5) is 5.82 Å². The average Bonchev–Trinajstić information content (AvgIpc) is 2.76. The Kier molecular flexibility index (Phi) is 2.61. The van der Waals surface area contributed by atoms with Gasteiger partial charge in [-0.05, 0) is 52.7 Å². The van der Waals surface area contributed by atoms with E-state index < -0.39 is 0 Å². The van der Waals surface area contributed by atoms with Gasteiger partial charge in [-0.25, -0.2) is 9.88 Å². The molecule has 1 aromatic heterocycles. The molecule has 2 heterocycles. The highest BCUT2D eigenvalue weighted by atomic mass is 79.9. The van der Waals surface area contributed by atoms with Crippen LogP contribution in [0.15, 0.2) is 35.0 Å². The molecule has 4 nitrogen and oxygen atoms in total. The number of anilines is 1. The second kappa shape index (κ2) is 4.25. The van der Waals surface area contributed by atoms with Crippen LogP contribution in [0.1, 0.15) is 12.8 Å². The third-order valence-corrected chi connectivity index (χ3v) is 5.17. The molecule has 2 fully saturated rings. The lowest BCUT2D eigenvalue weighted by Crippen LogP contribution is -2.38. The predicted molar refractivity (Wildman–Crippen MR) is 76.8 cm³/mol. The van der Waals surface area contributed by atoms with Crippen molar-refractivity contribution >= 4 is 33.6 Å². The number of amides is 2. The van der Waals surface area contributed by atoms with Crippen LogP contribution in [0.3, 0.4) is 0 Å². The number of hydrogen-bond donors (Lipinski definition) is 0. The summed E-state index contributed by atoms with van der Waals surface area (Å²) in [5.74, 6) is 0.400. The number of imide groups is 1. The van der Waals surface area contributed by atoms with Gasteiger partial charge < -0.3 is 0 Å². The molecule has 4 atom stereocenters. The van der Waals surface area contributed by atoms with E-state index in [1.54, 1.807) is 18.3 Å². The Labute approximate surface area is 125 Å². The molecule has 3 aliphatic carbocycles. The summed E-state index contributed by atoms with van der Waals surface area (Å²) in [4.78, 5) is 30.8. The van der Waals surface area contributed by atoms with Gasteiger partial charge in [0.2, 0.25) is 11.8 Å². The number of allylic oxidation sites excluding steroid dienone is 2. The van der Waals surface area contributed by atoms with Crippen LogP contribution in [-0.2, 0) is 9.59 Å². The van der Waals surface area contributed by atoms with Crippen molar-refractivity contribution in [3.8, 4) is 0 Å². The number of fused-ring (bicyclic) bond motifs is 1. The first-order valence-corrected chi connectivity index (χ1v) is 7.64. The van der Waals surface area contributed by atoms with Gasteiger partial charge in [0.05, 0.1) is 11.8 Å². The molecule has 0 spiro atoms. The van der Waals surface area contributed by atoms with E-state index in [-0.39, 0.29) is 35.5 Å². The molecular weight excluding hydrogens is 320 g/mol. The van der Waals surface area contributed by atoms with Crippen molar-refractivity contribution in [3.05, 3.63) is 35.0 Å². The maximum atomic E-state index is 12.6. The number of nitrogens with zero attached hydrogens (tertiary/aromatic N) is 2. The lowest BCUT2D eigenvalue weighted by molar-refractivity contribution is -0.124. The highest BCUT2D eigenvalue weighted by Gasteiger charge is 2.57. The topological polar surface area (TPSA) is 50.3 Å². The van der Waals surface area contributed by atoms with Crippen LogP contribution in [0, 0.1) is 23.7 Å². The van der Waals surface area contributed by atoms with Crippen LogP contribution < -0.4 is 4.90 Å². The summed E-state index contributed by atoms with van der Waals surface area (Å²) in [5, 5.41) is 0.